The number of aliphatic hydroxyl groups is 6. The first kappa shape index (κ1) is 35.1. The maximum atomic E-state index is 13.0. The topological polar surface area (TPSA) is 201 Å². The molecule has 1 saturated heterocycles. The Kier molecular flexibility index (Phi) is 9.56. The van der Waals surface area contributed by atoms with Crippen molar-refractivity contribution in [2.24, 2.45) is 23.2 Å². The molecule has 7 N–H and O–H groups in total. The summed E-state index contributed by atoms with van der Waals surface area (Å²) in [4.78, 5) is 12.5. The average Bonchev–Trinajstić information content (AvgIpc) is 3.57. The molecule has 2 aliphatic heterocycles. The van der Waals surface area contributed by atoms with Gasteiger partial charge in [-0.3, -0.25) is 4.79 Å². The van der Waals surface area contributed by atoms with Crippen LogP contribution in [-0.2, 0) is 20.7 Å². The molecule has 1 saturated carbocycles. The maximum absolute atomic E-state index is 13.0. The number of fused-ring (bicyclic) bond motifs is 10. The molecule has 3 heterocycles. The van der Waals surface area contributed by atoms with Crippen molar-refractivity contribution in [3.05, 3.63) is 48.3 Å². The lowest BCUT2D eigenvalue weighted by Crippen LogP contribution is -2.89. The molecule has 3 aliphatic carbocycles. The number of hydrogen-bond acceptors (Lipinski definition) is 15. The molecule has 0 radical (unpaired) electrons. The second-order valence-electron chi connectivity index (χ2n) is 13.4. The van der Waals surface area contributed by atoms with Gasteiger partial charge in [-0.15, -0.1) is 0 Å². The number of carbonyl (C=O) groups excluding carboxylic acids is 1. The highest BCUT2D eigenvalue weighted by Gasteiger charge is 2.81. The summed E-state index contributed by atoms with van der Waals surface area (Å²) in [5.74, 6) is -2.18. The van der Waals surface area contributed by atoms with E-state index in [0.717, 1.165) is 0 Å². The van der Waals surface area contributed by atoms with E-state index in [1.165, 1.54) is 33.9 Å². The van der Waals surface area contributed by atoms with Crippen LogP contribution in [0.5, 0.6) is 11.5 Å². The molecule has 1 aromatic heterocycles. The molecule has 13 nitrogen and oxygen atoms in total. The summed E-state index contributed by atoms with van der Waals surface area (Å²) < 4.78 is 30.7. The van der Waals surface area contributed by atoms with Crippen molar-refractivity contribution in [1.82, 2.24) is 5.32 Å². The first-order chi connectivity index (χ1) is 23.6. The van der Waals surface area contributed by atoms with Gasteiger partial charge in [0.15, 0.2) is 16.9 Å². The molecule has 0 unspecified atom stereocenters. The number of ether oxygens (including phenoxy) is 4. The van der Waals surface area contributed by atoms with Crippen molar-refractivity contribution >= 4 is 38.5 Å². The Morgan fingerprint density at radius 1 is 1.10 bits per heavy atom. The standard InChI is InChI=1S/C34H43NO12S2/c1-2-43-24(39)6-3-19-15-20-8-12-44-25(20)27-26(19)46-30-33(41)28-21-4-5-23(38)31(28,16-36)9-7-22(21)34(42,29(33)40)32(17-37,47-30)18-49-48-14-11-35-10-13-45-27/h4-5,7-9,12,15,21-23,28-30,35-38,40-42H,2-3,6,10-11,13-14,16-18H2,1H3/t21-,22+,23-,28+,29-,30-,31+,32+,33-,34+/m1/s1. The van der Waals surface area contributed by atoms with Gasteiger partial charge in [-0.05, 0) is 37.0 Å². The number of allylic oxidation sites excluding steroid dienone is 1. The van der Waals surface area contributed by atoms with Crippen molar-refractivity contribution in [2.45, 2.75) is 55.1 Å². The van der Waals surface area contributed by atoms with E-state index in [0.29, 0.717) is 35.4 Å². The summed E-state index contributed by atoms with van der Waals surface area (Å²) in [5, 5.41) is 75.5. The number of hydrogen-bond donors (Lipinski definition) is 7. The first-order valence-electron chi connectivity index (χ1n) is 16.6. The number of furan rings is 1. The molecule has 7 rings (SSSR count). The number of esters is 1. The summed E-state index contributed by atoms with van der Waals surface area (Å²) in [6.07, 6.45) is 3.08. The second-order valence-corrected chi connectivity index (χ2v) is 16.0. The zero-order chi connectivity index (χ0) is 34.6. The Morgan fingerprint density at radius 2 is 1.94 bits per heavy atom. The van der Waals surface area contributed by atoms with Crippen LogP contribution >= 0.6 is 21.6 Å². The highest BCUT2D eigenvalue weighted by Crippen LogP contribution is 2.67. The molecule has 15 heteroatoms. The number of benzene rings is 1. The molecule has 2 aromatic rings. The van der Waals surface area contributed by atoms with Gasteiger partial charge >= 0.3 is 5.97 Å². The molecule has 49 heavy (non-hydrogen) atoms. The minimum absolute atomic E-state index is 0.00711. The molecule has 268 valence electrons. The smallest absolute Gasteiger partial charge is 0.306 e. The van der Waals surface area contributed by atoms with Gasteiger partial charge in [-0.25, -0.2) is 0 Å². The molecule has 5 aliphatic rings. The summed E-state index contributed by atoms with van der Waals surface area (Å²) in [6.45, 7) is 1.90. The fraction of sp³-hybridized carbons (Fsp3) is 0.618. The van der Waals surface area contributed by atoms with Crippen LogP contribution in [0.1, 0.15) is 18.9 Å². The third-order valence-electron chi connectivity index (χ3n) is 11.0. The molecular weight excluding hydrogens is 679 g/mol. The van der Waals surface area contributed by atoms with E-state index in [1.54, 1.807) is 37.3 Å². The summed E-state index contributed by atoms with van der Waals surface area (Å²) >= 11 is 0. The summed E-state index contributed by atoms with van der Waals surface area (Å²) in [7, 11) is 2.84. The average molecular weight is 722 g/mol. The molecule has 2 fully saturated rings. The quantitative estimate of drug-likeness (QED) is 0.126. The van der Waals surface area contributed by atoms with Gasteiger partial charge in [0.25, 0.3) is 0 Å². The molecule has 8 bridgehead atoms. The third-order valence-corrected chi connectivity index (χ3v) is 13.5. The number of aliphatic hydroxyl groups excluding tert-OH is 4. The van der Waals surface area contributed by atoms with Crippen LogP contribution in [0.15, 0.2) is 47.1 Å². The van der Waals surface area contributed by atoms with Gasteiger partial charge < -0.3 is 59.3 Å². The van der Waals surface area contributed by atoms with Crippen LogP contribution in [-0.4, -0.2) is 123 Å². The van der Waals surface area contributed by atoms with Gasteiger partial charge in [-0.1, -0.05) is 45.9 Å². The Morgan fingerprint density at radius 3 is 2.71 bits per heavy atom. The van der Waals surface area contributed by atoms with Crippen molar-refractivity contribution in [1.29, 1.82) is 0 Å². The minimum atomic E-state index is -2.46. The van der Waals surface area contributed by atoms with E-state index in [-0.39, 0.29) is 43.3 Å². The molecule has 0 spiro atoms. The van der Waals surface area contributed by atoms with Crippen molar-refractivity contribution in [3.8, 4) is 11.5 Å². The molecule has 1 aromatic carbocycles. The normalized spacial score (nSPS) is 40.0. The van der Waals surface area contributed by atoms with Crippen LogP contribution in [0.3, 0.4) is 0 Å². The van der Waals surface area contributed by atoms with Crippen LogP contribution in [0, 0.1) is 23.2 Å². The second kappa shape index (κ2) is 13.3. The Balaban J connectivity index is 1.44. The fourth-order valence-corrected chi connectivity index (χ4v) is 11.1. The number of nitrogens with one attached hydrogen (secondary N) is 1. The lowest BCUT2D eigenvalue weighted by molar-refractivity contribution is -0.431. The van der Waals surface area contributed by atoms with Crippen molar-refractivity contribution in [3.63, 3.8) is 0 Å². The van der Waals surface area contributed by atoms with Gasteiger partial charge in [0, 0.05) is 53.7 Å². The Bertz CT molecular complexity index is 1620. The van der Waals surface area contributed by atoms with Crippen LogP contribution < -0.4 is 14.8 Å². The first-order valence-corrected chi connectivity index (χ1v) is 19.1. The number of aryl methyl sites for hydroxylation is 1. The van der Waals surface area contributed by atoms with Gasteiger partial charge in [0.1, 0.15) is 23.9 Å². The number of carbonyl (C=O) groups is 1. The van der Waals surface area contributed by atoms with Gasteiger partial charge in [-0.2, -0.15) is 0 Å². The van der Waals surface area contributed by atoms with Crippen LogP contribution in [0.2, 0.25) is 0 Å². The van der Waals surface area contributed by atoms with Crippen LogP contribution in [0.25, 0.3) is 11.0 Å². The third kappa shape index (κ3) is 5.19. The van der Waals surface area contributed by atoms with Crippen molar-refractivity contribution < 1.29 is 58.8 Å². The Labute approximate surface area is 291 Å². The van der Waals surface area contributed by atoms with E-state index < -0.39 is 77.7 Å². The van der Waals surface area contributed by atoms with E-state index in [2.05, 4.69) is 5.32 Å². The molecular formula is C34H43NO12S2. The van der Waals surface area contributed by atoms with E-state index in [4.69, 9.17) is 23.4 Å². The molecule has 0 amide bonds. The van der Waals surface area contributed by atoms with Crippen LogP contribution in [0.4, 0.5) is 0 Å². The van der Waals surface area contributed by atoms with E-state index >= 15 is 0 Å². The zero-order valence-electron chi connectivity index (χ0n) is 27.0. The predicted molar refractivity (Wildman–Crippen MR) is 180 cm³/mol. The van der Waals surface area contributed by atoms with Gasteiger partial charge in [0.2, 0.25) is 12.0 Å². The summed E-state index contributed by atoms with van der Waals surface area (Å²) in [6, 6.07) is 3.52. The molecule has 10 atom stereocenters. The van der Waals surface area contributed by atoms with Gasteiger partial charge in [0.05, 0.1) is 32.2 Å². The maximum Gasteiger partial charge on any atom is 0.306 e. The fourth-order valence-electron chi connectivity index (χ4n) is 8.64. The SMILES string of the molecule is CCOC(=O)CCc1cc2ccoc2c2c1O[C@@H]1O[C@@](CO)(CSSCCNCCO2)[C@@]2(O)[C@H](O)[C@]1(O)[C@H]1[C@@H]3C=C[C@@H](O)[C@@]1(CO)C=C[C@@H]32. The monoisotopic (exact) mass is 721 g/mol. The van der Waals surface area contributed by atoms with E-state index in [1.807, 2.05) is 0 Å². The minimum Gasteiger partial charge on any atom is -0.485 e. The van der Waals surface area contributed by atoms with E-state index in [9.17, 15) is 35.4 Å². The lowest BCUT2D eigenvalue weighted by atomic mass is 9.41. The lowest BCUT2D eigenvalue weighted by Gasteiger charge is -2.71. The highest BCUT2D eigenvalue weighted by molar-refractivity contribution is 8.76. The van der Waals surface area contributed by atoms with Crippen molar-refractivity contribution in [2.75, 3.05) is 51.0 Å². The summed E-state index contributed by atoms with van der Waals surface area (Å²) in [5.41, 5.74) is -7.20. The number of rotatable bonds is 6. The largest absolute Gasteiger partial charge is 0.485 e. The predicted octanol–water partition coefficient (Wildman–Crippen LogP) is 0.923. The zero-order valence-corrected chi connectivity index (χ0v) is 28.7. The Hall–Kier alpha value is -2.31. The highest BCUT2D eigenvalue weighted by atomic mass is 33.1.